The van der Waals surface area contributed by atoms with Crippen molar-refractivity contribution in [3.63, 3.8) is 0 Å². The van der Waals surface area contributed by atoms with Crippen LogP contribution in [0.4, 0.5) is 0 Å². The molecule has 0 aromatic carbocycles. The first-order valence-electron chi connectivity index (χ1n) is 4.23. The Labute approximate surface area is 86.5 Å². The van der Waals surface area contributed by atoms with Crippen LogP contribution in [-0.4, -0.2) is 22.8 Å². The topological polar surface area (TPSA) is 80.4 Å². The number of aromatic nitrogens is 1. The number of nitrogens with zero attached hydrogens (tertiary/aromatic N) is 3. The van der Waals surface area contributed by atoms with Crippen LogP contribution in [0, 0.1) is 10.1 Å². The molecule has 0 atom stereocenters. The zero-order valence-corrected chi connectivity index (χ0v) is 7.91. The Morgan fingerprint density at radius 2 is 2.13 bits per heavy atom. The van der Waals surface area contributed by atoms with Gasteiger partial charge < -0.3 is 5.32 Å². The average Bonchev–Trinajstić information content (AvgIpc) is 2.73. The summed E-state index contributed by atoms with van der Waals surface area (Å²) in [4.78, 5) is 16.8. The fourth-order valence-electron chi connectivity index (χ4n) is 0.836. The van der Waals surface area contributed by atoms with E-state index in [2.05, 4.69) is 15.3 Å². The molecule has 0 bridgehead atoms. The summed E-state index contributed by atoms with van der Waals surface area (Å²) in [5.41, 5.74) is 0.528. The van der Waals surface area contributed by atoms with Gasteiger partial charge in [-0.05, 0) is 12.1 Å². The summed E-state index contributed by atoms with van der Waals surface area (Å²) in [5.74, 6) is 0. The van der Waals surface area contributed by atoms with E-state index in [9.17, 15) is 10.1 Å². The third kappa shape index (κ3) is 5.14. The molecule has 0 spiro atoms. The fourth-order valence-corrected chi connectivity index (χ4v) is 0.836. The molecule has 1 aliphatic rings. The Balaban J connectivity index is 0.000000162. The first kappa shape index (κ1) is 10.8. The van der Waals surface area contributed by atoms with Crippen molar-refractivity contribution < 1.29 is 4.92 Å². The van der Waals surface area contributed by atoms with Crippen LogP contribution in [-0.2, 0) is 0 Å². The molecular formula is C9H10N4O2. The number of pyridine rings is 1. The maximum atomic E-state index is 9.79. The van der Waals surface area contributed by atoms with E-state index in [1.807, 2.05) is 18.2 Å². The van der Waals surface area contributed by atoms with Crippen LogP contribution in [0.2, 0.25) is 0 Å². The summed E-state index contributed by atoms with van der Waals surface area (Å²) < 4.78 is 0. The molecule has 0 amide bonds. The van der Waals surface area contributed by atoms with Crippen molar-refractivity contribution in [2.24, 2.45) is 4.99 Å². The van der Waals surface area contributed by atoms with Gasteiger partial charge in [-0.25, -0.2) is 0 Å². The first-order valence-corrected chi connectivity index (χ1v) is 4.23. The average molecular weight is 206 g/mol. The lowest BCUT2D eigenvalue weighted by atomic mass is 10.5. The number of hydrogen-bond acceptors (Lipinski definition) is 5. The highest BCUT2D eigenvalue weighted by molar-refractivity contribution is 5.60. The van der Waals surface area contributed by atoms with Crippen molar-refractivity contribution >= 4 is 6.34 Å². The van der Waals surface area contributed by atoms with Crippen LogP contribution < -0.4 is 5.32 Å². The van der Waals surface area contributed by atoms with E-state index in [1.165, 1.54) is 6.34 Å². The lowest BCUT2D eigenvalue weighted by Crippen LogP contribution is -2.06. The molecular weight excluding hydrogens is 196 g/mol. The van der Waals surface area contributed by atoms with Crippen LogP contribution in [0.1, 0.15) is 0 Å². The predicted octanol–water partition coefficient (Wildman–Crippen LogP) is 0.818. The van der Waals surface area contributed by atoms with Crippen molar-refractivity contribution in [1.82, 2.24) is 10.3 Å². The minimum Gasteiger partial charge on any atom is -0.344 e. The van der Waals surface area contributed by atoms with Crippen LogP contribution >= 0.6 is 0 Å². The molecule has 0 saturated carbocycles. The molecule has 1 aromatic heterocycles. The highest BCUT2D eigenvalue weighted by atomic mass is 16.6. The summed E-state index contributed by atoms with van der Waals surface area (Å²) in [5, 5.41) is 12.4. The molecule has 78 valence electrons. The van der Waals surface area contributed by atoms with Crippen LogP contribution in [0.3, 0.4) is 0 Å². The zero-order valence-electron chi connectivity index (χ0n) is 7.91. The lowest BCUT2D eigenvalue weighted by molar-refractivity contribution is -0.403. The molecule has 1 N–H and O–H groups in total. The standard InChI is InChI=1S/C5H5N.C4H5N3O2/c1-2-4-6-5-3-1;8-7(9)2-4-1-5-3-6-4/h1-5H;2-3H,1H2,(H,5,6). The van der Waals surface area contributed by atoms with Gasteiger partial charge in [0.25, 0.3) is 6.20 Å². The Bertz CT molecular complexity index is 325. The summed E-state index contributed by atoms with van der Waals surface area (Å²) in [7, 11) is 0. The third-order valence-corrected chi connectivity index (χ3v) is 1.43. The molecule has 6 heteroatoms. The predicted molar refractivity (Wildman–Crippen MR) is 55.8 cm³/mol. The van der Waals surface area contributed by atoms with Gasteiger partial charge in [0.1, 0.15) is 5.70 Å². The molecule has 0 radical (unpaired) electrons. The molecule has 6 nitrogen and oxygen atoms in total. The van der Waals surface area contributed by atoms with Crippen LogP contribution in [0.25, 0.3) is 0 Å². The van der Waals surface area contributed by atoms with Gasteiger partial charge in [0.05, 0.1) is 17.8 Å². The second-order valence-corrected chi connectivity index (χ2v) is 2.58. The molecule has 2 heterocycles. The summed E-state index contributed by atoms with van der Waals surface area (Å²) in [6.07, 6.45) is 5.85. The molecule has 0 aliphatic carbocycles. The number of aliphatic imine (C=N–C) groups is 1. The van der Waals surface area contributed by atoms with E-state index in [0.717, 1.165) is 6.20 Å². The zero-order chi connectivity index (χ0) is 10.9. The van der Waals surface area contributed by atoms with Gasteiger partial charge in [0, 0.05) is 12.4 Å². The maximum Gasteiger partial charge on any atom is 0.255 e. The normalized spacial score (nSPS) is 15.3. The van der Waals surface area contributed by atoms with E-state index >= 15 is 0 Å². The minimum atomic E-state index is -0.503. The molecule has 0 unspecified atom stereocenters. The van der Waals surface area contributed by atoms with E-state index in [-0.39, 0.29) is 0 Å². The van der Waals surface area contributed by atoms with Gasteiger partial charge in [0.2, 0.25) is 0 Å². The SMILES string of the molecule is O=[N+]([O-])C=C1CN=CN1.c1ccncc1. The van der Waals surface area contributed by atoms with E-state index < -0.39 is 4.92 Å². The van der Waals surface area contributed by atoms with Gasteiger partial charge in [-0.3, -0.25) is 20.1 Å². The van der Waals surface area contributed by atoms with Crippen molar-refractivity contribution in [3.8, 4) is 0 Å². The molecule has 2 rings (SSSR count). The molecule has 1 aliphatic heterocycles. The summed E-state index contributed by atoms with van der Waals surface area (Å²) in [6.45, 7) is 0.390. The first-order chi connectivity index (χ1) is 7.29. The van der Waals surface area contributed by atoms with Gasteiger partial charge in [-0.2, -0.15) is 0 Å². The summed E-state index contributed by atoms with van der Waals surface area (Å²) in [6, 6.07) is 5.72. The van der Waals surface area contributed by atoms with Crippen molar-refractivity contribution in [2.45, 2.75) is 0 Å². The largest absolute Gasteiger partial charge is 0.344 e. The molecule has 15 heavy (non-hydrogen) atoms. The fraction of sp³-hybridized carbons (Fsp3) is 0.111. The Morgan fingerprint density at radius 3 is 2.47 bits per heavy atom. The molecule has 1 aromatic rings. The Kier molecular flexibility index (Phi) is 4.52. The lowest BCUT2D eigenvalue weighted by Gasteiger charge is -1.87. The highest BCUT2D eigenvalue weighted by Crippen LogP contribution is 1.93. The number of nitro groups is 1. The van der Waals surface area contributed by atoms with E-state index in [4.69, 9.17) is 0 Å². The quantitative estimate of drug-likeness (QED) is 0.544. The molecule has 0 saturated heterocycles. The van der Waals surface area contributed by atoms with Crippen LogP contribution in [0.5, 0.6) is 0 Å². The number of hydrogen-bond donors (Lipinski definition) is 1. The monoisotopic (exact) mass is 206 g/mol. The second kappa shape index (κ2) is 6.25. The second-order valence-electron chi connectivity index (χ2n) is 2.58. The van der Waals surface area contributed by atoms with E-state index in [1.54, 1.807) is 12.4 Å². The third-order valence-electron chi connectivity index (χ3n) is 1.43. The van der Waals surface area contributed by atoms with Gasteiger partial charge in [-0.15, -0.1) is 0 Å². The summed E-state index contributed by atoms with van der Waals surface area (Å²) >= 11 is 0. The van der Waals surface area contributed by atoms with Gasteiger partial charge in [0.15, 0.2) is 0 Å². The number of nitrogens with one attached hydrogen (secondary N) is 1. The van der Waals surface area contributed by atoms with Gasteiger partial charge >= 0.3 is 0 Å². The van der Waals surface area contributed by atoms with Crippen molar-refractivity contribution in [2.75, 3.05) is 6.54 Å². The molecule has 0 fully saturated rings. The Morgan fingerprint density at radius 1 is 1.40 bits per heavy atom. The Hall–Kier alpha value is -2.24. The minimum absolute atomic E-state index is 0.390. The number of rotatable bonds is 1. The van der Waals surface area contributed by atoms with Gasteiger partial charge in [-0.1, -0.05) is 6.07 Å². The maximum absolute atomic E-state index is 9.79. The van der Waals surface area contributed by atoms with Crippen molar-refractivity contribution in [3.05, 3.63) is 52.6 Å². The van der Waals surface area contributed by atoms with Crippen molar-refractivity contribution in [1.29, 1.82) is 0 Å². The van der Waals surface area contributed by atoms with Crippen LogP contribution in [0.15, 0.2) is 47.5 Å². The highest BCUT2D eigenvalue weighted by Gasteiger charge is 2.03. The van der Waals surface area contributed by atoms with E-state index in [0.29, 0.717) is 12.2 Å². The smallest absolute Gasteiger partial charge is 0.255 e.